The van der Waals surface area contributed by atoms with E-state index in [9.17, 15) is 9.59 Å². The fraction of sp³-hybridized carbons (Fsp3) is 0.222. The van der Waals surface area contributed by atoms with Gasteiger partial charge in [-0.15, -0.1) is 0 Å². The van der Waals surface area contributed by atoms with E-state index >= 15 is 0 Å². The number of para-hydroxylation sites is 1. The first-order valence-electron chi connectivity index (χ1n) is 7.68. The zero-order valence-corrected chi connectivity index (χ0v) is 15.6. The van der Waals surface area contributed by atoms with E-state index in [-0.39, 0.29) is 18.4 Å². The van der Waals surface area contributed by atoms with Crippen molar-refractivity contribution < 1.29 is 19.1 Å². The van der Waals surface area contributed by atoms with Gasteiger partial charge >= 0.3 is 0 Å². The minimum absolute atomic E-state index is 0.143. The van der Waals surface area contributed by atoms with Crippen LogP contribution in [0.5, 0.6) is 11.5 Å². The highest BCUT2D eigenvalue weighted by Gasteiger charge is 2.12. The average molecular weight is 407 g/mol. The molecule has 6 nitrogen and oxygen atoms in total. The summed E-state index contributed by atoms with van der Waals surface area (Å²) in [6.07, 6.45) is 0. The van der Waals surface area contributed by atoms with Crippen molar-refractivity contribution in [2.75, 3.05) is 25.6 Å². The molecule has 2 N–H and O–H groups in total. The maximum atomic E-state index is 12.2. The van der Waals surface area contributed by atoms with Gasteiger partial charge < -0.3 is 20.1 Å². The summed E-state index contributed by atoms with van der Waals surface area (Å²) in [5.41, 5.74) is 1.03. The Hall–Kier alpha value is -2.54. The van der Waals surface area contributed by atoms with Gasteiger partial charge in [0.2, 0.25) is 5.91 Å². The molecule has 2 rings (SSSR count). The molecule has 0 unspecified atom stereocenters. The zero-order chi connectivity index (χ0) is 18.2. The minimum Gasteiger partial charge on any atom is -0.493 e. The molecule has 132 valence electrons. The lowest BCUT2D eigenvalue weighted by Crippen LogP contribution is -2.32. The second-order valence-corrected chi connectivity index (χ2v) is 5.86. The summed E-state index contributed by atoms with van der Waals surface area (Å²) in [7, 11) is 1.50. The molecular formula is C18H19BrN2O4. The van der Waals surface area contributed by atoms with Crippen LogP contribution in [0.25, 0.3) is 0 Å². The molecule has 0 aliphatic rings. The quantitative estimate of drug-likeness (QED) is 0.739. The molecule has 25 heavy (non-hydrogen) atoms. The molecule has 0 heterocycles. The third kappa shape index (κ3) is 5.22. The first kappa shape index (κ1) is 18.8. The second-order valence-electron chi connectivity index (χ2n) is 5.01. The normalized spacial score (nSPS) is 10.0. The molecule has 2 amide bonds. The van der Waals surface area contributed by atoms with Crippen molar-refractivity contribution in [2.24, 2.45) is 0 Å². The van der Waals surface area contributed by atoms with Crippen molar-refractivity contribution in [1.29, 1.82) is 0 Å². The lowest BCUT2D eigenvalue weighted by molar-refractivity contribution is -0.115. The van der Waals surface area contributed by atoms with Crippen molar-refractivity contribution in [2.45, 2.75) is 6.92 Å². The number of methoxy groups -OCH3 is 1. The molecule has 0 saturated carbocycles. The molecular weight excluding hydrogens is 388 g/mol. The van der Waals surface area contributed by atoms with Gasteiger partial charge in [0, 0.05) is 10.0 Å². The summed E-state index contributed by atoms with van der Waals surface area (Å²) in [5.74, 6) is 0.335. The van der Waals surface area contributed by atoms with E-state index in [2.05, 4.69) is 26.6 Å². The van der Waals surface area contributed by atoms with Crippen LogP contribution in [0, 0.1) is 0 Å². The molecule has 2 aromatic carbocycles. The molecule has 0 bridgehead atoms. The highest BCUT2D eigenvalue weighted by atomic mass is 79.9. The monoisotopic (exact) mass is 406 g/mol. The lowest BCUT2D eigenvalue weighted by atomic mass is 10.2. The van der Waals surface area contributed by atoms with Gasteiger partial charge in [-0.2, -0.15) is 0 Å². The van der Waals surface area contributed by atoms with Crippen LogP contribution in [-0.2, 0) is 4.79 Å². The molecule has 0 aromatic heterocycles. The van der Waals surface area contributed by atoms with Gasteiger partial charge in [-0.25, -0.2) is 0 Å². The maximum absolute atomic E-state index is 12.2. The van der Waals surface area contributed by atoms with Gasteiger partial charge in [0.05, 0.1) is 25.9 Å². The fourth-order valence-corrected chi connectivity index (χ4v) is 2.49. The summed E-state index contributed by atoms with van der Waals surface area (Å²) in [6, 6.07) is 12.1. The largest absolute Gasteiger partial charge is 0.493 e. The van der Waals surface area contributed by atoms with Crippen molar-refractivity contribution in [3.8, 4) is 11.5 Å². The van der Waals surface area contributed by atoms with Crippen molar-refractivity contribution in [3.63, 3.8) is 0 Å². The highest BCUT2D eigenvalue weighted by molar-refractivity contribution is 9.10. The SMILES string of the molecule is CCOc1ccc(C(=O)NCC(=O)Nc2ccccc2Br)cc1OC. The van der Waals surface area contributed by atoms with E-state index in [1.807, 2.05) is 25.1 Å². The molecule has 0 radical (unpaired) electrons. The van der Waals surface area contributed by atoms with Crippen LogP contribution >= 0.6 is 15.9 Å². The van der Waals surface area contributed by atoms with E-state index in [0.29, 0.717) is 29.4 Å². The Balaban J connectivity index is 1.95. The Kier molecular flexibility index (Phi) is 6.82. The summed E-state index contributed by atoms with van der Waals surface area (Å²) < 4.78 is 11.4. The van der Waals surface area contributed by atoms with Gasteiger partial charge in [0.25, 0.3) is 5.91 Å². The summed E-state index contributed by atoms with van der Waals surface area (Å²) in [4.78, 5) is 24.2. The summed E-state index contributed by atoms with van der Waals surface area (Å²) in [5, 5.41) is 5.30. The van der Waals surface area contributed by atoms with Crippen LogP contribution in [0.15, 0.2) is 46.9 Å². The van der Waals surface area contributed by atoms with Crippen LogP contribution < -0.4 is 20.1 Å². The second kappa shape index (κ2) is 9.08. The lowest BCUT2D eigenvalue weighted by Gasteiger charge is -2.11. The molecule has 0 atom stereocenters. The molecule has 0 spiro atoms. The van der Waals surface area contributed by atoms with Crippen molar-refractivity contribution in [1.82, 2.24) is 5.32 Å². The Bertz CT molecular complexity index is 764. The molecule has 0 aliphatic heterocycles. The third-order valence-corrected chi connectivity index (χ3v) is 3.97. The minimum atomic E-state index is -0.372. The van der Waals surface area contributed by atoms with E-state index in [1.54, 1.807) is 24.3 Å². The first-order chi connectivity index (χ1) is 12.0. The predicted octanol–water partition coefficient (Wildman–Crippen LogP) is 3.22. The number of halogens is 1. The van der Waals surface area contributed by atoms with Crippen LogP contribution in [0.4, 0.5) is 5.69 Å². The smallest absolute Gasteiger partial charge is 0.251 e. The Morgan fingerprint density at radius 1 is 1.12 bits per heavy atom. The highest BCUT2D eigenvalue weighted by Crippen LogP contribution is 2.28. The number of nitrogens with one attached hydrogen (secondary N) is 2. The Morgan fingerprint density at radius 2 is 1.88 bits per heavy atom. The van der Waals surface area contributed by atoms with E-state index in [1.165, 1.54) is 7.11 Å². The van der Waals surface area contributed by atoms with Gasteiger partial charge in [-0.3, -0.25) is 9.59 Å². The summed E-state index contributed by atoms with van der Waals surface area (Å²) >= 11 is 3.35. The number of carbonyl (C=O) groups is 2. The predicted molar refractivity (Wildman–Crippen MR) is 99.3 cm³/mol. The molecule has 2 aromatic rings. The fourth-order valence-electron chi connectivity index (χ4n) is 2.10. The van der Waals surface area contributed by atoms with Gasteiger partial charge in [-0.1, -0.05) is 12.1 Å². The van der Waals surface area contributed by atoms with Gasteiger partial charge in [0.1, 0.15) is 0 Å². The van der Waals surface area contributed by atoms with Gasteiger partial charge in [0.15, 0.2) is 11.5 Å². The number of carbonyl (C=O) groups excluding carboxylic acids is 2. The number of amides is 2. The van der Waals surface area contributed by atoms with Crippen molar-refractivity contribution in [3.05, 3.63) is 52.5 Å². The zero-order valence-electron chi connectivity index (χ0n) is 14.0. The molecule has 0 aliphatic carbocycles. The van der Waals surface area contributed by atoms with Crippen LogP contribution in [0.2, 0.25) is 0 Å². The Labute approximate surface area is 154 Å². The number of rotatable bonds is 7. The first-order valence-corrected chi connectivity index (χ1v) is 8.47. The van der Waals surface area contributed by atoms with Crippen LogP contribution in [-0.4, -0.2) is 32.1 Å². The van der Waals surface area contributed by atoms with Crippen molar-refractivity contribution >= 4 is 33.4 Å². The van der Waals surface area contributed by atoms with Crippen LogP contribution in [0.1, 0.15) is 17.3 Å². The number of ether oxygens (including phenoxy) is 2. The van der Waals surface area contributed by atoms with E-state index < -0.39 is 0 Å². The number of hydrogen-bond acceptors (Lipinski definition) is 4. The molecule has 0 saturated heterocycles. The standard InChI is InChI=1S/C18H19BrN2O4/c1-3-25-15-9-8-12(10-16(15)24-2)18(23)20-11-17(22)21-14-7-5-4-6-13(14)19/h4-10H,3,11H2,1-2H3,(H,20,23)(H,21,22). The third-order valence-electron chi connectivity index (χ3n) is 3.28. The molecule has 0 fully saturated rings. The maximum Gasteiger partial charge on any atom is 0.251 e. The number of benzene rings is 2. The number of hydrogen-bond donors (Lipinski definition) is 2. The van der Waals surface area contributed by atoms with E-state index in [0.717, 1.165) is 4.47 Å². The van der Waals surface area contributed by atoms with Gasteiger partial charge in [-0.05, 0) is 53.2 Å². The molecule has 7 heteroatoms. The average Bonchev–Trinajstić information content (AvgIpc) is 2.62. The topological polar surface area (TPSA) is 76.7 Å². The number of anilines is 1. The van der Waals surface area contributed by atoms with E-state index in [4.69, 9.17) is 9.47 Å². The Morgan fingerprint density at radius 3 is 2.56 bits per heavy atom. The summed E-state index contributed by atoms with van der Waals surface area (Å²) in [6.45, 7) is 2.22. The van der Waals surface area contributed by atoms with Crippen LogP contribution in [0.3, 0.4) is 0 Å².